The van der Waals surface area contributed by atoms with Crippen LogP contribution in [0, 0.1) is 6.92 Å². The molecule has 7 nitrogen and oxygen atoms in total. The molecule has 4 heterocycles. The highest BCUT2D eigenvalue weighted by atomic mass is 16.3. The van der Waals surface area contributed by atoms with Crippen LogP contribution in [0.5, 0.6) is 5.75 Å². The summed E-state index contributed by atoms with van der Waals surface area (Å²) in [7, 11) is 0. The minimum Gasteiger partial charge on any atom is -0.503 e. The van der Waals surface area contributed by atoms with Crippen LogP contribution in [-0.4, -0.2) is 25.0 Å². The number of nitrogens with one attached hydrogen (secondary N) is 1. The van der Waals surface area contributed by atoms with Gasteiger partial charge >= 0.3 is 0 Å². The standard InChI is InChI=1S/C21H14N4O3/c1-11-4-7-17(28-11)19-18(13-5-6-14-12(9-13)3-2-8-22-14)23-15-10-16(26)21(27)25-20(15)24-19/h2-10,26H,1H3,(H,24,25,27). The molecule has 0 fully saturated rings. The predicted molar refractivity (Wildman–Crippen MR) is 105 cm³/mol. The summed E-state index contributed by atoms with van der Waals surface area (Å²) in [6.45, 7) is 1.85. The molecular weight excluding hydrogens is 356 g/mol. The summed E-state index contributed by atoms with van der Waals surface area (Å²) in [5, 5.41) is 10.7. The number of hydrogen-bond donors (Lipinski definition) is 2. The van der Waals surface area contributed by atoms with E-state index in [-0.39, 0.29) is 5.65 Å². The topological polar surface area (TPSA) is 105 Å². The van der Waals surface area contributed by atoms with Crippen molar-refractivity contribution in [3.8, 4) is 28.5 Å². The summed E-state index contributed by atoms with van der Waals surface area (Å²) in [4.78, 5) is 27.9. The van der Waals surface area contributed by atoms with E-state index in [4.69, 9.17) is 4.42 Å². The van der Waals surface area contributed by atoms with Gasteiger partial charge in [0.1, 0.15) is 22.7 Å². The number of pyridine rings is 2. The van der Waals surface area contributed by atoms with E-state index in [9.17, 15) is 9.90 Å². The van der Waals surface area contributed by atoms with Gasteiger partial charge in [0.15, 0.2) is 17.2 Å². The first-order valence-corrected chi connectivity index (χ1v) is 8.64. The Morgan fingerprint density at radius 1 is 1.00 bits per heavy atom. The molecule has 0 amide bonds. The quantitative estimate of drug-likeness (QED) is 0.490. The van der Waals surface area contributed by atoms with E-state index in [0.29, 0.717) is 22.7 Å². The van der Waals surface area contributed by atoms with Gasteiger partial charge in [-0.05, 0) is 37.3 Å². The molecule has 5 aromatic rings. The van der Waals surface area contributed by atoms with Gasteiger partial charge in [0.05, 0.1) is 5.52 Å². The van der Waals surface area contributed by atoms with Crippen molar-refractivity contribution < 1.29 is 9.52 Å². The lowest BCUT2D eigenvalue weighted by molar-refractivity contribution is 0.467. The van der Waals surface area contributed by atoms with Crippen LogP contribution in [-0.2, 0) is 0 Å². The van der Waals surface area contributed by atoms with Crippen molar-refractivity contribution in [1.82, 2.24) is 19.9 Å². The fraction of sp³-hybridized carbons (Fsp3) is 0.0476. The van der Waals surface area contributed by atoms with Gasteiger partial charge in [-0.3, -0.25) is 9.78 Å². The first kappa shape index (κ1) is 16.2. The zero-order valence-corrected chi connectivity index (χ0v) is 14.8. The smallest absolute Gasteiger partial charge is 0.291 e. The summed E-state index contributed by atoms with van der Waals surface area (Å²) >= 11 is 0. The van der Waals surface area contributed by atoms with E-state index in [1.165, 1.54) is 6.07 Å². The maximum absolute atomic E-state index is 11.8. The molecule has 0 atom stereocenters. The van der Waals surface area contributed by atoms with Gasteiger partial charge in [-0.25, -0.2) is 9.97 Å². The van der Waals surface area contributed by atoms with Crippen LogP contribution in [0.4, 0.5) is 0 Å². The Bertz CT molecular complexity index is 1420. The fourth-order valence-corrected chi connectivity index (χ4v) is 3.17. The van der Waals surface area contributed by atoms with Crippen LogP contribution in [0.3, 0.4) is 0 Å². The average Bonchev–Trinajstić information content (AvgIpc) is 3.14. The molecule has 1 aromatic carbocycles. The Hall–Kier alpha value is -4.00. The number of hydrogen-bond acceptors (Lipinski definition) is 6. The molecule has 0 saturated heterocycles. The lowest BCUT2D eigenvalue weighted by atomic mass is 10.1. The molecule has 7 heteroatoms. The predicted octanol–water partition coefficient (Wildman–Crippen LogP) is 3.81. The van der Waals surface area contributed by atoms with Crippen molar-refractivity contribution in [2.75, 3.05) is 0 Å². The molecule has 0 unspecified atom stereocenters. The largest absolute Gasteiger partial charge is 0.503 e. The van der Waals surface area contributed by atoms with Gasteiger partial charge in [-0.2, -0.15) is 0 Å². The Morgan fingerprint density at radius 3 is 2.71 bits per heavy atom. The maximum Gasteiger partial charge on any atom is 0.291 e. The molecule has 0 aliphatic heterocycles. The molecule has 136 valence electrons. The Balaban J connectivity index is 1.83. The minimum absolute atomic E-state index is 0.276. The third kappa shape index (κ3) is 2.61. The molecule has 2 N–H and O–H groups in total. The van der Waals surface area contributed by atoms with E-state index in [0.717, 1.165) is 22.2 Å². The Kier molecular flexibility index (Phi) is 3.48. The van der Waals surface area contributed by atoms with Crippen LogP contribution in [0.25, 0.3) is 44.8 Å². The summed E-state index contributed by atoms with van der Waals surface area (Å²) < 4.78 is 5.77. The number of fused-ring (bicyclic) bond motifs is 2. The highest BCUT2D eigenvalue weighted by Crippen LogP contribution is 2.33. The lowest BCUT2D eigenvalue weighted by Crippen LogP contribution is -2.07. The van der Waals surface area contributed by atoms with Crippen LogP contribution >= 0.6 is 0 Å². The van der Waals surface area contributed by atoms with Gasteiger partial charge in [-0.15, -0.1) is 0 Å². The second kappa shape index (κ2) is 6.02. The summed E-state index contributed by atoms with van der Waals surface area (Å²) in [5.41, 5.74) is 2.82. The summed E-state index contributed by atoms with van der Waals surface area (Å²) in [5.74, 6) is 0.879. The second-order valence-electron chi connectivity index (χ2n) is 6.46. The molecule has 0 radical (unpaired) electrons. The number of aromatic hydroxyl groups is 1. The molecule has 0 aliphatic carbocycles. The van der Waals surface area contributed by atoms with Crippen molar-refractivity contribution in [1.29, 1.82) is 0 Å². The normalized spacial score (nSPS) is 11.3. The number of furan rings is 1. The van der Waals surface area contributed by atoms with Gasteiger partial charge < -0.3 is 14.5 Å². The molecule has 4 aromatic heterocycles. The third-order valence-corrected chi connectivity index (χ3v) is 4.51. The van der Waals surface area contributed by atoms with E-state index < -0.39 is 11.3 Å². The number of H-pyrrole nitrogens is 1. The fourth-order valence-electron chi connectivity index (χ4n) is 3.17. The van der Waals surface area contributed by atoms with Crippen LogP contribution < -0.4 is 5.56 Å². The van der Waals surface area contributed by atoms with Crippen molar-refractivity contribution in [3.05, 3.63) is 70.8 Å². The lowest BCUT2D eigenvalue weighted by Gasteiger charge is -2.09. The van der Waals surface area contributed by atoms with Gasteiger partial charge in [-0.1, -0.05) is 12.1 Å². The summed E-state index contributed by atoms with van der Waals surface area (Å²) in [6, 6.07) is 14.6. The highest BCUT2D eigenvalue weighted by molar-refractivity contribution is 5.89. The van der Waals surface area contributed by atoms with Crippen LogP contribution in [0.2, 0.25) is 0 Å². The number of aromatic nitrogens is 4. The molecule has 0 aliphatic rings. The van der Waals surface area contributed by atoms with Crippen molar-refractivity contribution in [3.63, 3.8) is 0 Å². The first-order chi connectivity index (χ1) is 13.6. The number of benzene rings is 1. The maximum atomic E-state index is 11.8. The van der Waals surface area contributed by atoms with Gasteiger partial charge in [0.2, 0.25) is 0 Å². The molecule has 5 rings (SSSR count). The van der Waals surface area contributed by atoms with Crippen molar-refractivity contribution in [2.45, 2.75) is 6.92 Å². The van der Waals surface area contributed by atoms with Crippen molar-refractivity contribution >= 4 is 22.1 Å². The SMILES string of the molecule is Cc1ccc(-c2nc3[nH]c(=O)c(O)cc3nc2-c2ccc3ncccc3c2)o1. The third-order valence-electron chi connectivity index (χ3n) is 4.51. The minimum atomic E-state index is -0.618. The monoisotopic (exact) mass is 370 g/mol. The van der Waals surface area contributed by atoms with Gasteiger partial charge in [0.25, 0.3) is 5.56 Å². The average molecular weight is 370 g/mol. The van der Waals surface area contributed by atoms with E-state index >= 15 is 0 Å². The molecule has 28 heavy (non-hydrogen) atoms. The van der Waals surface area contributed by atoms with E-state index in [2.05, 4.69) is 19.9 Å². The molecular formula is C21H14N4O3. The molecule has 0 saturated carbocycles. The molecule has 0 bridgehead atoms. The first-order valence-electron chi connectivity index (χ1n) is 8.64. The zero-order valence-electron chi connectivity index (χ0n) is 14.8. The van der Waals surface area contributed by atoms with E-state index in [1.807, 2.05) is 49.4 Å². The zero-order chi connectivity index (χ0) is 19.3. The molecule has 0 spiro atoms. The van der Waals surface area contributed by atoms with Crippen LogP contribution in [0.15, 0.2) is 63.9 Å². The van der Waals surface area contributed by atoms with E-state index in [1.54, 1.807) is 6.20 Å². The Labute approximate surface area is 158 Å². The summed E-state index contributed by atoms with van der Waals surface area (Å²) in [6.07, 6.45) is 1.74. The van der Waals surface area contributed by atoms with Crippen molar-refractivity contribution in [2.24, 2.45) is 0 Å². The van der Waals surface area contributed by atoms with Crippen LogP contribution in [0.1, 0.15) is 5.76 Å². The Morgan fingerprint density at radius 2 is 1.89 bits per heavy atom. The number of aromatic amines is 1. The number of nitrogens with zero attached hydrogens (tertiary/aromatic N) is 3. The number of aryl methyl sites for hydroxylation is 1. The van der Waals surface area contributed by atoms with Gasteiger partial charge in [0, 0.05) is 23.2 Å². The second-order valence-corrected chi connectivity index (χ2v) is 6.46. The highest BCUT2D eigenvalue weighted by Gasteiger charge is 2.17. The number of rotatable bonds is 2.